The molecule has 3 aromatic rings. The van der Waals surface area contributed by atoms with Crippen LogP contribution in [-0.2, 0) is 19.0 Å². The first-order chi connectivity index (χ1) is 20.4. The van der Waals surface area contributed by atoms with Crippen LogP contribution in [0.1, 0.15) is 67.7 Å². The number of aliphatic hydroxyl groups excluding tert-OH is 1. The summed E-state index contributed by atoms with van der Waals surface area (Å²) in [6.07, 6.45) is -0.357. The van der Waals surface area contributed by atoms with Crippen molar-refractivity contribution in [1.29, 1.82) is 0 Å². The van der Waals surface area contributed by atoms with Crippen molar-refractivity contribution in [3.8, 4) is 11.5 Å². The second kappa shape index (κ2) is 12.0. The maximum atomic E-state index is 12.9. The van der Waals surface area contributed by atoms with Gasteiger partial charge in [-0.3, -0.25) is 4.79 Å². The summed E-state index contributed by atoms with van der Waals surface area (Å²) in [5.74, 6) is -1.44. The summed E-state index contributed by atoms with van der Waals surface area (Å²) in [5, 5.41) is 25.0. The van der Waals surface area contributed by atoms with E-state index >= 15 is 0 Å². The van der Waals surface area contributed by atoms with Crippen molar-refractivity contribution in [3.05, 3.63) is 51.6 Å². The van der Waals surface area contributed by atoms with Crippen LogP contribution in [0.25, 0.3) is 11.0 Å². The van der Waals surface area contributed by atoms with Crippen molar-refractivity contribution < 1.29 is 43.2 Å². The Balaban J connectivity index is 1.40. The number of aryl methyl sites for hydroxylation is 2. The highest BCUT2D eigenvalue weighted by atomic mass is 16.7. The Morgan fingerprint density at radius 1 is 1.09 bits per heavy atom. The lowest BCUT2D eigenvalue weighted by Crippen LogP contribution is -2.65. The molecule has 1 saturated carbocycles. The molecular formula is C31H38N2O10. The van der Waals surface area contributed by atoms with E-state index in [0.29, 0.717) is 5.56 Å². The van der Waals surface area contributed by atoms with Crippen LogP contribution in [0, 0.1) is 19.8 Å². The highest BCUT2D eigenvalue weighted by Crippen LogP contribution is 2.39. The Hall–Kier alpha value is -3.87. The van der Waals surface area contributed by atoms with E-state index in [1.807, 2.05) is 0 Å². The number of amides is 1. The number of rotatable bonds is 7. The van der Waals surface area contributed by atoms with Gasteiger partial charge in [0.25, 0.3) is 0 Å². The number of aromatic nitrogens is 1. The van der Waals surface area contributed by atoms with E-state index in [1.165, 1.54) is 19.2 Å². The van der Waals surface area contributed by atoms with Gasteiger partial charge in [0.05, 0.1) is 11.0 Å². The fourth-order valence-electron chi connectivity index (χ4n) is 5.94. The first-order valence-electron chi connectivity index (χ1n) is 14.4. The summed E-state index contributed by atoms with van der Waals surface area (Å²) in [4.78, 5) is 41.4. The van der Waals surface area contributed by atoms with Crippen LogP contribution < -0.4 is 15.7 Å². The van der Waals surface area contributed by atoms with E-state index in [1.54, 1.807) is 39.8 Å². The monoisotopic (exact) mass is 598 g/mol. The van der Waals surface area contributed by atoms with Crippen LogP contribution in [0.2, 0.25) is 0 Å². The molecule has 2 aromatic heterocycles. The summed E-state index contributed by atoms with van der Waals surface area (Å²) >= 11 is 0. The maximum Gasteiger partial charge on any atom is 0.364 e. The molecule has 232 valence electrons. The van der Waals surface area contributed by atoms with Crippen molar-refractivity contribution in [2.45, 2.75) is 90.0 Å². The van der Waals surface area contributed by atoms with Crippen molar-refractivity contribution >= 4 is 28.5 Å². The molecule has 1 aliphatic heterocycles. The number of hydrogen-bond donors (Lipinski definition) is 4. The number of fused-ring (bicyclic) bond motifs is 1. The minimum Gasteiger partial charge on any atom is -0.505 e. The van der Waals surface area contributed by atoms with Gasteiger partial charge in [0.2, 0.25) is 12.2 Å². The van der Waals surface area contributed by atoms with Gasteiger partial charge in [-0.2, -0.15) is 0 Å². The summed E-state index contributed by atoms with van der Waals surface area (Å²) < 4.78 is 29.0. The molecule has 0 unspecified atom stereocenters. The van der Waals surface area contributed by atoms with Gasteiger partial charge in [-0.1, -0.05) is 19.3 Å². The van der Waals surface area contributed by atoms with Gasteiger partial charge in [-0.05, 0) is 64.8 Å². The number of benzene rings is 1. The molecule has 2 aliphatic rings. The third-order valence-electron chi connectivity index (χ3n) is 8.28. The number of anilines is 1. The molecule has 3 heterocycles. The predicted molar refractivity (Wildman–Crippen MR) is 155 cm³/mol. The highest BCUT2D eigenvalue weighted by Gasteiger charge is 2.53. The summed E-state index contributed by atoms with van der Waals surface area (Å²) in [6, 6.07) is 6.32. The van der Waals surface area contributed by atoms with Gasteiger partial charge in [0.15, 0.2) is 23.6 Å². The van der Waals surface area contributed by atoms with E-state index in [9.17, 15) is 24.6 Å². The van der Waals surface area contributed by atoms with Gasteiger partial charge in [0.1, 0.15) is 23.1 Å². The largest absolute Gasteiger partial charge is 0.505 e. The van der Waals surface area contributed by atoms with Crippen LogP contribution in [0.4, 0.5) is 5.69 Å². The number of carbonyl (C=O) groups is 2. The van der Waals surface area contributed by atoms with Crippen molar-refractivity contribution in [3.63, 3.8) is 0 Å². The number of aromatic hydroxyl groups is 1. The Kier molecular flexibility index (Phi) is 8.55. The fourth-order valence-corrected chi connectivity index (χ4v) is 5.94. The average molecular weight is 599 g/mol. The Bertz CT molecular complexity index is 1570. The molecule has 0 spiro atoms. The third kappa shape index (κ3) is 5.99. The molecule has 1 amide bonds. The zero-order chi connectivity index (χ0) is 31.1. The van der Waals surface area contributed by atoms with E-state index in [4.69, 9.17) is 23.4 Å². The third-order valence-corrected chi connectivity index (χ3v) is 8.28. The smallest absolute Gasteiger partial charge is 0.364 e. The Labute approximate surface area is 248 Å². The first-order valence-corrected chi connectivity index (χ1v) is 14.4. The number of ether oxygens (including phenoxy) is 4. The van der Waals surface area contributed by atoms with E-state index in [2.05, 4.69) is 10.3 Å². The molecular weight excluding hydrogens is 560 g/mol. The number of methoxy groups -OCH3 is 1. The Morgan fingerprint density at radius 3 is 2.47 bits per heavy atom. The molecule has 2 fully saturated rings. The molecule has 1 saturated heterocycles. The lowest BCUT2D eigenvalue weighted by atomic mass is 9.88. The first kappa shape index (κ1) is 30.6. The second-order valence-corrected chi connectivity index (χ2v) is 11.8. The maximum absolute atomic E-state index is 12.9. The molecule has 4 atom stereocenters. The van der Waals surface area contributed by atoms with E-state index < -0.39 is 47.5 Å². The van der Waals surface area contributed by atoms with Crippen molar-refractivity contribution in [1.82, 2.24) is 4.98 Å². The van der Waals surface area contributed by atoms with Gasteiger partial charge in [-0.25, -0.2) is 9.59 Å². The fraction of sp³-hybridized carbons (Fsp3) is 0.516. The number of nitrogens with one attached hydrogen (secondary N) is 2. The number of aliphatic hydroxyl groups is 1. The van der Waals surface area contributed by atoms with E-state index in [-0.39, 0.29) is 39.9 Å². The predicted octanol–water partition coefficient (Wildman–Crippen LogP) is 4.08. The summed E-state index contributed by atoms with van der Waals surface area (Å²) in [6.45, 7) is 6.85. The van der Waals surface area contributed by atoms with Crippen LogP contribution >= 0.6 is 0 Å². The minimum absolute atomic E-state index is 0.0417. The number of aromatic amines is 1. The SMILES string of the molecule is CO[C@@H]1[C@@H](OC(=O)c2ccc(C)[nH]2)[C@@H](O)[C@H](Oc2ccc3c(O)c(NC(=O)C4CCCCC4)c(=O)oc3c2C)OC1(C)C. The molecule has 12 heteroatoms. The van der Waals surface area contributed by atoms with Gasteiger partial charge >= 0.3 is 11.6 Å². The molecule has 1 aliphatic carbocycles. The van der Waals surface area contributed by atoms with Crippen LogP contribution in [-0.4, -0.2) is 64.4 Å². The van der Waals surface area contributed by atoms with Crippen LogP contribution in [0.3, 0.4) is 0 Å². The van der Waals surface area contributed by atoms with Gasteiger partial charge < -0.3 is 43.9 Å². The van der Waals surface area contributed by atoms with Crippen molar-refractivity contribution in [2.75, 3.05) is 12.4 Å². The number of carbonyl (C=O) groups excluding carboxylic acids is 2. The van der Waals surface area contributed by atoms with Crippen LogP contribution in [0.15, 0.2) is 33.5 Å². The summed E-state index contributed by atoms with van der Waals surface area (Å²) in [5.41, 5.74) is -0.900. The summed E-state index contributed by atoms with van der Waals surface area (Å²) in [7, 11) is 1.43. The minimum atomic E-state index is -1.47. The molecule has 43 heavy (non-hydrogen) atoms. The molecule has 5 rings (SSSR count). The highest BCUT2D eigenvalue weighted by molar-refractivity contribution is 5.98. The quantitative estimate of drug-likeness (QED) is 0.230. The number of hydrogen-bond acceptors (Lipinski definition) is 10. The number of H-pyrrole nitrogens is 1. The zero-order valence-corrected chi connectivity index (χ0v) is 24.9. The topological polar surface area (TPSA) is 170 Å². The lowest BCUT2D eigenvalue weighted by molar-refractivity contribution is -0.305. The molecule has 1 aromatic carbocycles. The normalized spacial score (nSPS) is 24.0. The molecule has 0 bridgehead atoms. The standard InChI is InChI=1S/C31H38N2O10/c1-15-11-13-19(32-15)28(37)42-25-23(35)30(43-31(3,4)26(25)39-5)40-20-14-12-18-22(34)21(29(38)41-24(18)16(20)2)33-27(36)17-9-7-6-8-10-17/h11-14,17,23,25-26,30,32,34-35H,6-10H2,1-5H3,(H,33,36)/t23-,25+,26-,30-/m1/s1. The number of esters is 1. The lowest BCUT2D eigenvalue weighted by Gasteiger charge is -2.47. The van der Waals surface area contributed by atoms with Gasteiger partial charge in [-0.15, -0.1) is 0 Å². The Morgan fingerprint density at radius 2 is 1.81 bits per heavy atom. The average Bonchev–Trinajstić information content (AvgIpc) is 3.42. The molecule has 0 radical (unpaired) electrons. The van der Waals surface area contributed by atoms with Crippen LogP contribution in [0.5, 0.6) is 11.5 Å². The molecule has 4 N–H and O–H groups in total. The molecule has 12 nitrogen and oxygen atoms in total. The van der Waals surface area contributed by atoms with Gasteiger partial charge in [0, 0.05) is 24.3 Å². The van der Waals surface area contributed by atoms with E-state index in [0.717, 1.165) is 37.8 Å². The zero-order valence-electron chi connectivity index (χ0n) is 24.9. The van der Waals surface area contributed by atoms with Crippen molar-refractivity contribution in [2.24, 2.45) is 5.92 Å². The second-order valence-electron chi connectivity index (χ2n) is 11.8.